The summed E-state index contributed by atoms with van der Waals surface area (Å²) < 4.78 is 2.57. The molecule has 234 valence electrons. The van der Waals surface area contributed by atoms with Crippen molar-refractivity contribution in [1.82, 2.24) is 9.97 Å². The van der Waals surface area contributed by atoms with E-state index in [4.69, 9.17) is 9.97 Å². The van der Waals surface area contributed by atoms with Gasteiger partial charge in [-0.15, -0.1) is 11.3 Å². The first kappa shape index (κ1) is 28.6. The van der Waals surface area contributed by atoms with Crippen LogP contribution in [0, 0.1) is 0 Å². The lowest BCUT2D eigenvalue weighted by Gasteiger charge is -2.37. The molecule has 1 saturated carbocycles. The number of hydrogen-bond donors (Lipinski definition) is 0. The summed E-state index contributed by atoms with van der Waals surface area (Å²) in [5.41, 5.74) is 13.9. The lowest BCUT2D eigenvalue weighted by molar-refractivity contribution is 0.353. The number of benzene rings is 6. The molecule has 0 saturated heterocycles. The van der Waals surface area contributed by atoms with Crippen LogP contribution in [0.2, 0.25) is 0 Å². The first-order valence-corrected chi connectivity index (χ1v) is 18.3. The summed E-state index contributed by atoms with van der Waals surface area (Å²) in [6.07, 6.45) is 6.34. The van der Waals surface area contributed by atoms with E-state index in [1.807, 2.05) is 11.3 Å². The molecule has 2 nitrogen and oxygen atoms in total. The van der Waals surface area contributed by atoms with Crippen LogP contribution >= 0.6 is 11.3 Å². The average Bonchev–Trinajstić information content (AvgIpc) is 3.69. The molecule has 49 heavy (non-hydrogen) atoms. The van der Waals surface area contributed by atoms with E-state index in [0.29, 0.717) is 0 Å². The third-order valence-corrected chi connectivity index (χ3v) is 12.2. The van der Waals surface area contributed by atoms with Crippen molar-refractivity contribution in [3.63, 3.8) is 0 Å². The number of thiophene rings is 1. The van der Waals surface area contributed by atoms with E-state index >= 15 is 0 Å². The van der Waals surface area contributed by atoms with Gasteiger partial charge in [0.15, 0.2) is 5.82 Å². The number of rotatable bonds is 4. The molecule has 2 heterocycles. The van der Waals surface area contributed by atoms with Gasteiger partial charge < -0.3 is 0 Å². The maximum atomic E-state index is 5.22. The van der Waals surface area contributed by atoms with Gasteiger partial charge in [-0.25, -0.2) is 9.97 Å². The minimum atomic E-state index is 0.0876. The van der Waals surface area contributed by atoms with Crippen molar-refractivity contribution in [3.05, 3.63) is 157 Å². The van der Waals surface area contributed by atoms with E-state index in [-0.39, 0.29) is 5.41 Å². The van der Waals surface area contributed by atoms with E-state index in [9.17, 15) is 0 Å². The molecule has 6 aromatic carbocycles. The second-order valence-corrected chi connectivity index (χ2v) is 14.6. The molecule has 0 aliphatic heterocycles. The average molecular weight is 647 g/mol. The molecule has 2 aliphatic carbocycles. The van der Waals surface area contributed by atoms with Gasteiger partial charge in [0, 0.05) is 42.3 Å². The van der Waals surface area contributed by atoms with E-state index < -0.39 is 0 Å². The SMILES string of the molecule is c1ccc(-c2cc(-c3ccccc3)nc(-c3cccc4c3sc3c(-c5cccc6c5C5(CCCCC5)c5ccccc5-6)cccc34)n2)cc1. The Morgan fingerprint density at radius 1 is 0.449 bits per heavy atom. The highest BCUT2D eigenvalue weighted by Crippen LogP contribution is 2.59. The Bertz CT molecular complexity index is 2470. The second-order valence-electron chi connectivity index (χ2n) is 13.6. The number of aromatic nitrogens is 2. The standard InChI is InChI=1S/C46H34N2S/c1-4-15-30(16-5-1)40-29-41(31-17-6-2-7-18-31)48-45(47-40)38-25-14-24-37-36-23-13-22-35(43(36)49-44(37)38)34-21-12-20-33-32-19-8-9-26-39(32)46(42(33)34)27-10-3-11-28-46/h1-2,4-9,12-26,29H,3,10-11,27-28H2. The molecule has 2 aliphatic rings. The van der Waals surface area contributed by atoms with Crippen molar-refractivity contribution >= 4 is 31.5 Å². The molecule has 0 atom stereocenters. The lowest BCUT2D eigenvalue weighted by Crippen LogP contribution is -2.28. The Labute approximate surface area is 290 Å². The van der Waals surface area contributed by atoms with Gasteiger partial charge in [0.25, 0.3) is 0 Å². The molecule has 0 bridgehead atoms. The van der Waals surface area contributed by atoms with Crippen LogP contribution in [0.15, 0.2) is 146 Å². The Morgan fingerprint density at radius 2 is 0.959 bits per heavy atom. The summed E-state index contributed by atoms with van der Waals surface area (Å²) in [5.74, 6) is 0.760. The highest BCUT2D eigenvalue weighted by atomic mass is 32.1. The lowest BCUT2D eigenvalue weighted by atomic mass is 9.66. The van der Waals surface area contributed by atoms with Gasteiger partial charge in [-0.3, -0.25) is 0 Å². The zero-order valence-corrected chi connectivity index (χ0v) is 28.0. The van der Waals surface area contributed by atoms with Crippen molar-refractivity contribution < 1.29 is 0 Å². The predicted octanol–water partition coefficient (Wildman–Crippen LogP) is 12.7. The van der Waals surface area contributed by atoms with Crippen LogP contribution in [0.5, 0.6) is 0 Å². The highest BCUT2D eigenvalue weighted by Gasteiger charge is 2.45. The largest absolute Gasteiger partial charge is 0.228 e. The maximum absolute atomic E-state index is 5.22. The number of hydrogen-bond acceptors (Lipinski definition) is 3. The fourth-order valence-corrected chi connectivity index (χ4v) is 10.1. The molecular formula is C46H34N2S. The van der Waals surface area contributed by atoms with Crippen molar-refractivity contribution in [3.8, 4) is 56.2 Å². The Balaban J connectivity index is 1.20. The van der Waals surface area contributed by atoms with Crippen LogP contribution in [-0.2, 0) is 5.41 Å². The molecule has 2 aromatic heterocycles. The summed E-state index contributed by atoms with van der Waals surface area (Å²) in [4.78, 5) is 10.4. The highest BCUT2D eigenvalue weighted by molar-refractivity contribution is 7.26. The molecule has 0 N–H and O–H groups in total. The zero-order valence-electron chi connectivity index (χ0n) is 27.2. The van der Waals surface area contributed by atoms with Gasteiger partial charge in [0.1, 0.15) is 0 Å². The summed E-state index contributed by atoms with van der Waals surface area (Å²) in [6, 6.07) is 52.8. The zero-order chi connectivity index (χ0) is 32.4. The molecule has 0 amide bonds. The molecular weight excluding hydrogens is 613 g/mol. The van der Waals surface area contributed by atoms with Crippen LogP contribution < -0.4 is 0 Å². The van der Waals surface area contributed by atoms with Gasteiger partial charge in [0.05, 0.1) is 11.4 Å². The molecule has 1 fully saturated rings. The van der Waals surface area contributed by atoms with Crippen LogP contribution in [0.4, 0.5) is 0 Å². The monoisotopic (exact) mass is 646 g/mol. The summed E-state index contributed by atoms with van der Waals surface area (Å²) >= 11 is 1.89. The smallest absolute Gasteiger partial charge is 0.161 e. The Morgan fingerprint density at radius 3 is 1.63 bits per heavy atom. The maximum Gasteiger partial charge on any atom is 0.161 e. The van der Waals surface area contributed by atoms with Crippen LogP contribution in [-0.4, -0.2) is 9.97 Å². The minimum absolute atomic E-state index is 0.0876. The Kier molecular flexibility index (Phi) is 6.63. The van der Waals surface area contributed by atoms with Gasteiger partial charge in [-0.05, 0) is 58.4 Å². The molecule has 1 spiro atoms. The predicted molar refractivity (Wildman–Crippen MR) is 206 cm³/mol. The van der Waals surface area contributed by atoms with Gasteiger partial charge >= 0.3 is 0 Å². The molecule has 8 aromatic rings. The summed E-state index contributed by atoms with van der Waals surface area (Å²) in [5, 5.41) is 2.56. The van der Waals surface area contributed by atoms with Crippen LogP contribution in [0.25, 0.3) is 76.3 Å². The van der Waals surface area contributed by atoms with Crippen LogP contribution in [0.1, 0.15) is 43.2 Å². The third kappa shape index (κ3) is 4.46. The molecule has 0 unspecified atom stereocenters. The quantitative estimate of drug-likeness (QED) is 0.190. The van der Waals surface area contributed by atoms with Crippen molar-refractivity contribution in [2.45, 2.75) is 37.5 Å². The first-order valence-electron chi connectivity index (χ1n) is 17.5. The van der Waals surface area contributed by atoms with E-state index in [0.717, 1.165) is 33.9 Å². The summed E-state index contributed by atoms with van der Waals surface area (Å²) in [7, 11) is 0. The van der Waals surface area contributed by atoms with Gasteiger partial charge in [-0.2, -0.15) is 0 Å². The molecule has 3 heteroatoms. The van der Waals surface area contributed by atoms with Gasteiger partial charge in [-0.1, -0.05) is 153 Å². The van der Waals surface area contributed by atoms with Crippen molar-refractivity contribution in [2.75, 3.05) is 0 Å². The number of nitrogens with zero attached hydrogens (tertiary/aromatic N) is 2. The number of fused-ring (bicyclic) bond motifs is 8. The third-order valence-electron chi connectivity index (χ3n) is 10.9. The van der Waals surface area contributed by atoms with Crippen molar-refractivity contribution in [1.29, 1.82) is 0 Å². The summed E-state index contributed by atoms with van der Waals surface area (Å²) in [6.45, 7) is 0. The van der Waals surface area contributed by atoms with E-state index in [1.165, 1.54) is 80.1 Å². The Hall–Kier alpha value is -5.38. The van der Waals surface area contributed by atoms with Crippen molar-refractivity contribution in [2.24, 2.45) is 0 Å². The molecule has 10 rings (SSSR count). The normalized spacial score (nSPS) is 14.7. The van der Waals surface area contributed by atoms with E-state index in [2.05, 4.69) is 146 Å². The van der Waals surface area contributed by atoms with Gasteiger partial charge in [0.2, 0.25) is 0 Å². The fraction of sp³-hybridized carbons (Fsp3) is 0.130. The fourth-order valence-electron chi connectivity index (χ4n) is 8.75. The molecule has 0 radical (unpaired) electrons. The second kappa shape index (κ2) is 11.4. The minimum Gasteiger partial charge on any atom is -0.228 e. The first-order chi connectivity index (χ1) is 24.3. The van der Waals surface area contributed by atoms with Crippen LogP contribution in [0.3, 0.4) is 0 Å². The van der Waals surface area contributed by atoms with E-state index in [1.54, 1.807) is 5.56 Å². The topological polar surface area (TPSA) is 25.8 Å².